The van der Waals surface area contributed by atoms with Crippen molar-refractivity contribution >= 4 is 30.3 Å². The SMILES string of the molecule is CNC(=O)NC(=O)C(C)N1CCCC(CNC(=O)C2CCCN2)C1.Cl. The van der Waals surface area contributed by atoms with Crippen LogP contribution in [0.25, 0.3) is 0 Å². The predicted molar refractivity (Wildman–Crippen MR) is 97.6 cm³/mol. The van der Waals surface area contributed by atoms with Crippen molar-refractivity contribution in [3.63, 3.8) is 0 Å². The molecule has 0 bridgehead atoms. The Morgan fingerprint density at radius 2 is 2.00 bits per heavy atom. The number of carbonyl (C=O) groups is 3. The third kappa shape index (κ3) is 6.45. The molecule has 2 aliphatic heterocycles. The maximum absolute atomic E-state index is 12.1. The number of likely N-dealkylation sites (tertiary alicyclic amines) is 1. The fourth-order valence-electron chi connectivity index (χ4n) is 3.34. The summed E-state index contributed by atoms with van der Waals surface area (Å²) in [6.07, 6.45) is 3.98. The molecule has 0 aromatic rings. The zero-order chi connectivity index (χ0) is 17.5. The first-order valence-corrected chi connectivity index (χ1v) is 8.79. The third-order valence-electron chi connectivity index (χ3n) is 4.88. The van der Waals surface area contributed by atoms with Gasteiger partial charge in [0.25, 0.3) is 0 Å². The van der Waals surface area contributed by atoms with E-state index in [-0.39, 0.29) is 36.3 Å². The number of nitrogens with one attached hydrogen (secondary N) is 4. The molecule has 0 radical (unpaired) electrons. The molecule has 9 heteroatoms. The fraction of sp³-hybridized carbons (Fsp3) is 0.812. The average molecular weight is 376 g/mol. The minimum atomic E-state index is -0.489. The van der Waals surface area contributed by atoms with Crippen LogP contribution in [0.15, 0.2) is 0 Å². The lowest BCUT2D eigenvalue weighted by Gasteiger charge is -2.36. The van der Waals surface area contributed by atoms with Crippen molar-refractivity contribution in [3.05, 3.63) is 0 Å². The highest BCUT2D eigenvalue weighted by molar-refractivity contribution is 5.96. The van der Waals surface area contributed by atoms with Gasteiger partial charge in [0.15, 0.2) is 0 Å². The maximum Gasteiger partial charge on any atom is 0.321 e. The molecule has 4 amide bonds. The Hall–Kier alpha value is -1.38. The third-order valence-corrected chi connectivity index (χ3v) is 4.88. The number of halogens is 1. The molecule has 4 N–H and O–H groups in total. The van der Waals surface area contributed by atoms with Gasteiger partial charge < -0.3 is 16.0 Å². The summed E-state index contributed by atoms with van der Waals surface area (Å²) in [5.74, 6) is 0.114. The molecule has 25 heavy (non-hydrogen) atoms. The average Bonchev–Trinajstić information content (AvgIpc) is 3.13. The summed E-state index contributed by atoms with van der Waals surface area (Å²) in [4.78, 5) is 37.5. The van der Waals surface area contributed by atoms with E-state index < -0.39 is 6.03 Å². The second-order valence-corrected chi connectivity index (χ2v) is 6.64. The summed E-state index contributed by atoms with van der Waals surface area (Å²) < 4.78 is 0. The molecule has 3 unspecified atom stereocenters. The van der Waals surface area contributed by atoms with E-state index in [0.29, 0.717) is 12.5 Å². The van der Waals surface area contributed by atoms with Crippen molar-refractivity contribution in [3.8, 4) is 0 Å². The first-order valence-electron chi connectivity index (χ1n) is 8.79. The standard InChI is InChI=1S/C16H29N5O3.ClH/c1-11(14(22)20-16(24)17-2)21-8-4-5-12(10-21)9-19-15(23)13-6-3-7-18-13;/h11-13,18H,3-10H2,1-2H3,(H,19,23)(H2,17,20,22,24);1H. The molecule has 2 heterocycles. The minimum absolute atomic E-state index is 0. The van der Waals surface area contributed by atoms with Crippen LogP contribution in [0.4, 0.5) is 4.79 Å². The number of piperidine rings is 1. The summed E-state index contributed by atoms with van der Waals surface area (Å²) in [6.45, 7) is 4.93. The summed E-state index contributed by atoms with van der Waals surface area (Å²) >= 11 is 0. The molecular weight excluding hydrogens is 346 g/mol. The van der Waals surface area contributed by atoms with Gasteiger partial charge in [0.1, 0.15) is 0 Å². The monoisotopic (exact) mass is 375 g/mol. The van der Waals surface area contributed by atoms with Gasteiger partial charge in [-0.25, -0.2) is 4.79 Å². The van der Waals surface area contributed by atoms with Gasteiger partial charge >= 0.3 is 6.03 Å². The van der Waals surface area contributed by atoms with Crippen molar-refractivity contribution in [2.24, 2.45) is 5.92 Å². The van der Waals surface area contributed by atoms with E-state index in [2.05, 4.69) is 26.2 Å². The molecular formula is C16H30ClN5O3. The van der Waals surface area contributed by atoms with Crippen LogP contribution in [0.2, 0.25) is 0 Å². The Labute approximate surface area is 155 Å². The molecule has 0 aliphatic carbocycles. The van der Waals surface area contributed by atoms with E-state index in [1.807, 2.05) is 6.92 Å². The summed E-state index contributed by atoms with van der Waals surface area (Å²) in [7, 11) is 1.48. The van der Waals surface area contributed by atoms with Crippen LogP contribution in [0.1, 0.15) is 32.6 Å². The van der Waals surface area contributed by atoms with Gasteiger partial charge in [0, 0.05) is 20.1 Å². The molecule has 0 spiro atoms. The summed E-state index contributed by atoms with van der Waals surface area (Å²) in [5, 5.41) is 10.9. The Morgan fingerprint density at radius 3 is 2.64 bits per heavy atom. The highest BCUT2D eigenvalue weighted by Crippen LogP contribution is 2.18. The molecule has 0 saturated carbocycles. The number of imide groups is 1. The lowest BCUT2D eigenvalue weighted by molar-refractivity contribution is -0.126. The van der Waals surface area contributed by atoms with E-state index in [0.717, 1.165) is 45.3 Å². The number of hydrogen-bond acceptors (Lipinski definition) is 5. The quantitative estimate of drug-likeness (QED) is 0.534. The molecule has 2 aliphatic rings. The molecule has 2 fully saturated rings. The Kier molecular flexibility index (Phi) is 9.16. The Morgan fingerprint density at radius 1 is 1.24 bits per heavy atom. The molecule has 2 rings (SSSR count). The Balaban J connectivity index is 0.00000312. The van der Waals surface area contributed by atoms with E-state index in [1.54, 1.807) is 0 Å². The van der Waals surface area contributed by atoms with E-state index in [1.165, 1.54) is 7.05 Å². The van der Waals surface area contributed by atoms with Crippen LogP contribution in [0.3, 0.4) is 0 Å². The van der Waals surface area contributed by atoms with Crippen LogP contribution in [-0.2, 0) is 9.59 Å². The lowest BCUT2D eigenvalue weighted by atomic mass is 9.96. The second-order valence-electron chi connectivity index (χ2n) is 6.64. The van der Waals surface area contributed by atoms with Crippen LogP contribution < -0.4 is 21.3 Å². The smallest absolute Gasteiger partial charge is 0.321 e. The zero-order valence-electron chi connectivity index (χ0n) is 15.0. The van der Waals surface area contributed by atoms with E-state index in [4.69, 9.17) is 0 Å². The topological polar surface area (TPSA) is 103 Å². The van der Waals surface area contributed by atoms with Crippen molar-refractivity contribution in [2.75, 3.05) is 33.2 Å². The Bertz CT molecular complexity index is 471. The van der Waals surface area contributed by atoms with Gasteiger partial charge in [0.2, 0.25) is 11.8 Å². The summed E-state index contributed by atoms with van der Waals surface area (Å²) in [6, 6.07) is -0.906. The van der Waals surface area contributed by atoms with Crippen molar-refractivity contribution < 1.29 is 14.4 Å². The number of urea groups is 1. The van der Waals surface area contributed by atoms with Crippen LogP contribution in [0, 0.1) is 5.92 Å². The molecule has 3 atom stereocenters. The summed E-state index contributed by atoms with van der Waals surface area (Å²) in [5.41, 5.74) is 0. The van der Waals surface area contributed by atoms with Crippen LogP contribution in [0.5, 0.6) is 0 Å². The molecule has 8 nitrogen and oxygen atoms in total. The number of rotatable bonds is 5. The molecule has 144 valence electrons. The largest absolute Gasteiger partial charge is 0.354 e. The molecule has 0 aromatic carbocycles. The number of amides is 4. The predicted octanol–water partition coefficient (Wildman–Crippen LogP) is -0.167. The van der Waals surface area contributed by atoms with Crippen molar-refractivity contribution in [1.82, 2.24) is 26.2 Å². The van der Waals surface area contributed by atoms with Crippen LogP contribution in [-0.4, -0.2) is 68.1 Å². The number of hydrogen-bond donors (Lipinski definition) is 4. The van der Waals surface area contributed by atoms with Crippen molar-refractivity contribution in [1.29, 1.82) is 0 Å². The van der Waals surface area contributed by atoms with E-state index in [9.17, 15) is 14.4 Å². The van der Waals surface area contributed by atoms with Gasteiger partial charge in [-0.05, 0) is 51.6 Å². The maximum atomic E-state index is 12.1. The van der Waals surface area contributed by atoms with Crippen LogP contribution >= 0.6 is 12.4 Å². The number of nitrogens with zero attached hydrogens (tertiary/aromatic N) is 1. The molecule has 0 aromatic heterocycles. The van der Waals surface area contributed by atoms with Gasteiger partial charge in [-0.15, -0.1) is 12.4 Å². The second kappa shape index (κ2) is 10.6. The highest BCUT2D eigenvalue weighted by atomic mass is 35.5. The van der Waals surface area contributed by atoms with E-state index >= 15 is 0 Å². The lowest BCUT2D eigenvalue weighted by Crippen LogP contribution is -2.53. The zero-order valence-corrected chi connectivity index (χ0v) is 15.8. The van der Waals surface area contributed by atoms with Gasteiger partial charge in [-0.1, -0.05) is 0 Å². The highest BCUT2D eigenvalue weighted by Gasteiger charge is 2.29. The normalized spacial score (nSPS) is 24.7. The number of carbonyl (C=O) groups excluding carboxylic acids is 3. The van der Waals surface area contributed by atoms with Gasteiger partial charge in [0.05, 0.1) is 12.1 Å². The first kappa shape index (κ1) is 21.7. The molecule has 2 saturated heterocycles. The fourth-order valence-corrected chi connectivity index (χ4v) is 3.34. The van der Waals surface area contributed by atoms with Crippen molar-refractivity contribution in [2.45, 2.75) is 44.7 Å². The first-order chi connectivity index (χ1) is 11.5. The minimum Gasteiger partial charge on any atom is -0.354 e. The van der Waals surface area contributed by atoms with Gasteiger partial charge in [-0.2, -0.15) is 0 Å². The van der Waals surface area contributed by atoms with Gasteiger partial charge in [-0.3, -0.25) is 19.8 Å².